The largest absolute Gasteiger partial charge is 0.480 e. The van der Waals surface area contributed by atoms with E-state index in [4.69, 9.17) is 5.73 Å². The summed E-state index contributed by atoms with van der Waals surface area (Å²) < 4.78 is 0. The van der Waals surface area contributed by atoms with Gasteiger partial charge in [0.25, 0.3) is 5.91 Å². The molecule has 1 aliphatic rings. The Balaban J connectivity index is 1.18. The van der Waals surface area contributed by atoms with Gasteiger partial charge >= 0.3 is 5.97 Å². The van der Waals surface area contributed by atoms with Crippen LogP contribution >= 0.6 is 0 Å². The number of aromatic amines is 1. The molecule has 1 aliphatic heterocycles. The Morgan fingerprint density at radius 1 is 1.14 bits per heavy atom. The zero-order valence-corrected chi connectivity index (χ0v) is 20.1. The van der Waals surface area contributed by atoms with Gasteiger partial charge < -0.3 is 31.8 Å². The van der Waals surface area contributed by atoms with Crippen LogP contribution in [0.2, 0.25) is 0 Å². The molecule has 0 radical (unpaired) electrons. The molecule has 0 aliphatic carbocycles. The van der Waals surface area contributed by atoms with E-state index in [1.165, 1.54) is 5.56 Å². The molecule has 0 bridgehead atoms. The third-order valence-electron chi connectivity index (χ3n) is 6.37. The van der Waals surface area contributed by atoms with Crippen molar-refractivity contribution in [2.24, 2.45) is 0 Å². The minimum atomic E-state index is -1.18. The van der Waals surface area contributed by atoms with Crippen molar-refractivity contribution in [1.29, 1.82) is 0 Å². The van der Waals surface area contributed by atoms with Crippen molar-refractivity contribution in [3.63, 3.8) is 0 Å². The van der Waals surface area contributed by atoms with Gasteiger partial charge in [-0.25, -0.2) is 9.78 Å². The molecule has 0 saturated carbocycles. The zero-order valence-electron chi connectivity index (χ0n) is 20.1. The number of nitrogens with zero attached hydrogens (tertiary/aromatic N) is 1. The van der Waals surface area contributed by atoms with Crippen molar-refractivity contribution < 1.29 is 19.5 Å². The van der Waals surface area contributed by atoms with E-state index in [1.54, 1.807) is 18.2 Å². The number of nitrogen functional groups attached to an aromatic ring is 1. The number of hydrogen-bond acceptors (Lipinski definition) is 6. The molecule has 10 nitrogen and oxygen atoms in total. The first-order valence-electron chi connectivity index (χ1n) is 12.3. The number of aryl methyl sites for hydroxylation is 2. The average molecular weight is 493 g/mol. The van der Waals surface area contributed by atoms with Crippen LogP contribution in [-0.2, 0) is 22.4 Å². The molecular weight excluding hydrogens is 460 g/mol. The molecule has 3 heterocycles. The van der Waals surface area contributed by atoms with E-state index in [0.717, 1.165) is 43.7 Å². The van der Waals surface area contributed by atoms with Crippen molar-refractivity contribution >= 4 is 40.2 Å². The van der Waals surface area contributed by atoms with E-state index in [1.807, 2.05) is 6.07 Å². The summed E-state index contributed by atoms with van der Waals surface area (Å²) in [5.41, 5.74) is 9.40. The Kier molecular flexibility index (Phi) is 8.04. The average Bonchev–Trinajstić information content (AvgIpc) is 3.22. The number of pyridine rings is 1. The summed E-state index contributed by atoms with van der Waals surface area (Å²) in [5, 5.41) is 18.8. The van der Waals surface area contributed by atoms with Gasteiger partial charge in [0.15, 0.2) is 0 Å². The molecule has 190 valence electrons. The maximum Gasteiger partial charge on any atom is 0.326 e. The summed E-state index contributed by atoms with van der Waals surface area (Å²) >= 11 is 0. The summed E-state index contributed by atoms with van der Waals surface area (Å²) in [5.74, 6) is -0.957. The second kappa shape index (κ2) is 11.6. The lowest BCUT2D eigenvalue weighted by atomic mass is 10.1. The van der Waals surface area contributed by atoms with Gasteiger partial charge in [0.05, 0.1) is 5.69 Å². The van der Waals surface area contributed by atoms with Crippen LogP contribution in [0, 0.1) is 0 Å². The first-order valence-corrected chi connectivity index (χ1v) is 12.3. The predicted molar refractivity (Wildman–Crippen MR) is 138 cm³/mol. The molecular formula is C26H32N6O4. The highest BCUT2D eigenvalue weighted by Gasteiger charge is 2.23. The number of unbranched alkanes of at least 4 members (excludes halogenated alkanes) is 1. The number of aromatic nitrogens is 2. The molecule has 0 saturated heterocycles. The number of anilines is 2. The second-order valence-corrected chi connectivity index (χ2v) is 9.01. The highest BCUT2D eigenvalue weighted by Crippen LogP contribution is 2.24. The number of hydrogen-bond donors (Lipinski definition) is 6. The van der Waals surface area contributed by atoms with Crippen molar-refractivity contribution in [2.45, 2.75) is 51.0 Å². The van der Waals surface area contributed by atoms with Crippen molar-refractivity contribution in [2.75, 3.05) is 24.1 Å². The van der Waals surface area contributed by atoms with Crippen LogP contribution in [0.25, 0.3) is 10.9 Å². The van der Waals surface area contributed by atoms with E-state index >= 15 is 0 Å². The molecule has 4 rings (SSSR count). The Morgan fingerprint density at radius 2 is 1.97 bits per heavy atom. The van der Waals surface area contributed by atoms with Crippen LogP contribution in [0.5, 0.6) is 0 Å². The molecule has 2 amide bonds. The number of carboxylic acids is 1. The van der Waals surface area contributed by atoms with Gasteiger partial charge in [-0.05, 0) is 56.2 Å². The molecule has 0 spiro atoms. The number of carboxylic acid groups (broad SMARTS) is 1. The standard InChI is InChI=1S/C26H32N6O4/c27-22-18-8-2-3-9-19(18)31-23(22)25(34)32-20(26(35)36)13-15-28-21(33)10-4-1-7-17-12-11-16-6-5-14-29-24(16)30-17/h2-3,8-9,11-12,20,31H,1,4-7,10,13-15,27H2,(H,28,33)(H,29,30)(H,32,34)(H,35,36)/t20-/m0/s1. The molecule has 2 aromatic heterocycles. The quantitative estimate of drug-likeness (QED) is 0.224. The Labute approximate surface area is 209 Å². The number of rotatable bonds is 11. The van der Waals surface area contributed by atoms with Crippen molar-refractivity contribution in [3.8, 4) is 0 Å². The molecule has 36 heavy (non-hydrogen) atoms. The SMILES string of the molecule is Nc1c(C(=O)N[C@@H](CCNC(=O)CCCCc2ccc3c(n2)NCCC3)C(=O)O)[nH]c2ccccc12. The monoisotopic (exact) mass is 492 g/mol. The number of H-pyrrole nitrogens is 1. The number of fused-ring (bicyclic) bond motifs is 2. The van der Waals surface area contributed by atoms with Crippen LogP contribution in [0.15, 0.2) is 36.4 Å². The summed E-state index contributed by atoms with van der Waals surface area (Å²) in [6.07, 6.45) is 4.92. The first kappa shape index (κ1) is 25.0. The molecule has 3 aromatic rings. The lowest BCUT2D eigenvalue weighted by Crippen LogP contribution is -2.43. The lowest BCUT2D eigenvalue weighted by Gasteiger charge is -2.17. The number of benzene rings is 1. The topological polar surface area (TPSA) is 162 Å². The van der Waals surface area contributed by atoms with Crippen molar-refractivity contribution in [1.82, 2.24) is 20.6 Å². The number of carbonyl (C=O) groups is 3. The van der Waals surface area contributed by atoms with Crippen LogP contribution in [-0.4, -0.2) is 52.0 Å². The Bertz CT molecular complexity index is 1250. The van der Waals surface area contributed by atoms with Gasteiger partial charge in [0, 0.05) is 36.1 Å². The van der Waals surface area contributed by atoms with E-state index in [0.29, 0.717) is 23.7 Å². The minimum absolute atomic E-state index is 0.0546. The van der Waals surface area contributed by atoms with Crippen molar-refractivity contribution in [3.05, 3.63) is 53.3 Å². The number of para-hydroxylation sites is 1. The van der Waals surface area contributed by atoms with Gasteiger partial charge in [-0.3, -0.25) is 9.59 Å². The zero-order chi connectivity index (χ0) is 25.5. The normalized spacial score (nSPS) is 13.4. The number of nitrogens with one attached hydrogen (secondary N) is 4. The maximum absolute atomic E-state index is 12.6. The molecule has 1 atom stereocenters. The maximum atomic E-state index is 12.6. The fraction of sp³-hybridized carbons (Fsp3) is 0.385. The number of amides is 2. The van der Waals surface area contributed by atoms with Crippen LogP contribution in [0.1, 0.15) is 53.8 Å². The highest BCUT2D eigenvalue weighted by atomic mass is 16.4. The van der Waals surface area contributed by atoms with Gasteiger partial charge in [0.1, 0.15) is 17.6 Å². The van der Waals surface area contributed by atoms with E-state index in [-0.39, 0.29) is 30.3 Å². The smallest absolute Gasteiger partial charge is 0.326 e. The second-order valence-electron chi connectivity index (χ2n) is 9.01. The highest BCUT2D eigenvalue weighted by molar-refractivity contribution is 6.08. The fourth-order valence-electron chi connectivity index (χ4n) is 4.37. The molecule has 10 heteroatoms. The number of nitrogens with two attached hydrogens (primary N) is 1. The van der Waals surface area contributed by atoms with E-state index in [9.17, 15) is 19.5 Å². The molecule has 0 fully saturated rings. The number of carbonyl (C=O) groups excluding carboxylic acids is 2. The molecule has 1 aromatic carbocycles. The Morgan fingerprint density at radius 3 is 2.78 bits per heavy atom. The van der Waals surface area contributed by atoms with Crippen LogP contribution in [0.4, 0.5) is 11.5 Å². The van der Waals surface area contributed by atoms with Gasteiger partial charge in [-0.2, -0.15) is 0 Å². The van der Waals surface area contributed by atoms with Gasteiger partial charge in [0.2, 0.25) is 5.91 Å². The number of aliphatic carboxylic acids is 1. The Hall–Kier alpha value is -4.08. The predicted octanol–water partition coefficient (Wildman–Crippen LogP) is 2.61. The van der Waals surface area contributed by atoms with Gasteiger partial charge in [-0.15, -0.1) is 0 Å². The van der Waals surface area contributed by atoms with Crippen LogP contribution in [0.3, 0.4) is 0 Å². The molecule has 7 N–H and O–H groups in total. The minimum Gasteiger partial charge on any atom is -0.480 e. The summed E-state index contributed by atoms with van der Waals surface area (Å²) in [4.78, 5) is 44.1. The van der Waals surface area contributed by atoms with E-state index < -0.39 is 17.9 Å². The first-order chi connectivity index (χ1) is 17.4. The third kappa shape index (κ3) is 6.12. The lowest BCUT2D eigenvalue weighted by molar-refractivity contribution is -0.139. The summed E-state index contributed by atoms with van der Waals surface area (Å²) in [6, 6.07) is 10.2. The third-order valence-corrected chi connectivity index (χ3v) is 6.37. The fourth-order valence-corrected chi connectivity index (χ4v) is 4.37. The summed E-state index contributed by atoms with van der Waals surface area (Å²) in [7, 11) is 0. The molecule has 0 unspecified atom stereocenters. The van der Waals surface area contributed by atoms with Crippen LogP contribution < -0.4 is 21.7 Å². The van der Waals surface area contributed by atoms with E-state index in [2.05, 4.69) is 38.1 Å². The van der Waals surface area contributed by atoms with Gasteiger partial charge in [-0.1, -0.05) is 24.3 Å². The summed E-state index contributed by atoms with van der Waals surface area (Å²) in [6.45, 7) is 1.09.